The van der Waals surface area contributed by atoms with Crippen LogP contribution in [-0.4, -0.2) is 15.0 Å². The minimum absolute atomic E-state index is 0.0434. The number of benzene rings is 1. The van der Waals surface area contributed by atoms with E-state index >= 15 is 0 Å². The fourth-order valence-corrected chi connectivity index (χ4v) is 2.44. The standard InChI is InChI=1S/C14H6BrClF3N3O/c15-11-10(9-5-6-20-13(16)21-9)23-12(22-11)7-1-3-8(4-2-7)14(17,18)19/h1-6H. The van der Waals surface area contributed by atoms with E-state index in [1.165, 1.54) is 18.3 Å². The number of hydrogen-bond acceptors (Lipinski definition) is 4. The summed E-state index contributed by atoms with van der Waals surface area (Å²) >= 11 is 8.96. The van der Waals surface area contributed by atoms with Crippen LogP contribution in [0.2, 0.25) is 5.28 Å². The molecule has 0 aliphatic rings. The maximum absolute atomic E-state index is 12.6. The third kappa shape index (κ3) is 3.37. The van der Waals surface area contributed by atoms with Gasteiger partial charge < -0.3 is 4.42 Å². The van der Waals surface area contributed by atoms with Crippen LogP contribution in [-0.2, 0) is 6.18 Å². The molecular formula is C14H6BrClF3N3O. The van der Waals surface area contributed by atoms with Crippen molar-refractivity contribution in [2.24, 2.45) is 0 Å². The molecule has 3 rings (SSSR count). The van der Waals surface area contributed by atoms with E-state index in [1.54, 1.807) is 6.07 Å². The van der Waals surface area contributed by atoms with Crippen molar-refractivity contribution in [2.75, 3.05) is 0 Å². The molecule has 1 aromatic carbocycles. The van der Waals surface area contributed by atoms with Crippen molar-refractivity contribution in [2.45, 2.75) is 6.18 Å². The second-order valence-corrected chi connectivity index (χ2v) is 5.51. The van der Waals surface area contributed by atoms with Gasteiger partial charge in [0.1, 0.15) is 5.69 Å². The molecule has 0 amide bonds. The van der Waals surface area contributed by atoms with Crippen molar-refractivity contribution in [3.8, 4) is 22.9 Å². The van der Waals surface area contributed by atoms with E-state index in [9.17, 15) is 13.2 Å². The molecule has 0 spiro atoms. The van der Waals surface area contributed by atoms with Gasteiger partial charge in [0, 0.05) is 11.8 Å². The molecule has 4 nitrogen and oxygen atoms in total. The quantitative estimate of drug-likeness (QED) is 0.549. The average molecular weight is 405 g/mol. The average Bonchev–Trinajstić information content (AvgIpc) is 2.88. The molecule has 0 fully saturated rings. The zero-order valence-corrected chi connectivity index (χ0v) is 13.4. The number of rotatable bonds is 2. The lowest BCUT2D eigenvalue weighted by Gasteiger charge is -2.06. The van der Waals surface area contributed by atoms with Gasteiger partial charge in [0.25, 0.3) is 0 Å². The van der Waals surface area contributed by atoms with Crippen molar-refractivity contribution in [3.63, 3.8) is 0 Å². The van der Waals surface area contributed by atoms with E-state index in [-0.39, 0.29) is 11.2 Å². The highest BCUT2D eigenvalue weighted by molar-refractivity contribution is 9.10. The first-order chi connectivity index (χ1) is 10.8. The Morgan fingerprint density at radius 2 is 1.74 bits per heavy atom. The molecule has 2 heterocycles. The molecule has 0 saturated carbocycles. The molecule has 9 heteroatoms. The Morgan fingerprint density at radius 1 is 1.04 bits per heavy atom. The van der Waals surface area contributed by atoms with Gasteiger partial charge in [0.15, 0.2) is 10.4 Å². The molecule has 0 atom stereocenters. The number of aromatic nitrogens is 3. The van der Waals surface area contributed by atoms with Gasteiger partial charge in [-0.3, -0.25) is 0 Å². The van der Waals surface area contributed by atoms with E-state index in [4.69, 9.17) is 16.0 Å². The zero-order valence-electron chi connectivity index (χ0n) is 11.1. The fraction of sp³-hybridized carbons (Fsp3) is 0.0714. The van der Waals surface area contributed by atoms with E-state index in [1.807, 2.05) is 0 Å². The highest BCUT2D eigenvalue weighted by atomic mass is 79.9. The summed E-state index contributed by atoms with van der Waals surface area (Å²) in [7, 11) is 0. The maximum Gasteiger partial charge on any atom is 0.416 e. The minimum atomic E-state index is -4.39. The smallest absolute Gasteiger partial charge is 0.416 e. The summed E-state index contributed by atoms with van der Waals surface area (Å²) in [5, 5.41) is 0.0434. The number of halogens is 5. The van der Waals surface area contributed by atoms with Gasteiger partial charge in [-0.15, -0.1) is 0 Å². The molecule has 0 saturated heterocycles. The van der Waals surface area contributed by atoms with Gasteiger partial charge in [-0.05, 0) is 57.9 Å². The van der Waals surface area contributed by atoms with Crippen molar-refractivity contribution >= 4 is 27.5 Å². The Hall–Kier alpha value is -1.93. The van der Waals surface area contributed by atoms with E-state index in [2.05, 4.69) is 30.9 Å². The first-order valence-corrected chi connectivity index (χ1v) is 7.34. The molecule has 0 bridgehead atoms. The molecule has 118 valence electrons. The monoisotopic (exact) mass is 403 g/mol. The molecule has 0 aliphatic heterocycles. The van der Waals surface area contributed by atoms with Crippen LogP contribution in [0, 0.1) is 0 Å². The SMILES string of the molecule is FC(F)(F)c1ccc(-c2nc(Br)c(-c3ccnc(Cl)n3)o2)cc1. The van der Waals surface area contributed by atoms with Gasteiger partial charge in [0.2, 0.25) is 11.2 Å². The van der Waals surface area contributed by atoms with Gasteiger partial charge in [0.05, 0.1) is 5.56 Å². The Morgan fingerprint density at radius 3 is 2.35 bits per heavy atom. The number of nitrogens with zero attached hydrogens (tertiary/aromatic N) is 3. The minimum Gasteiger partial charge on any atom is -0.433 e. The summed E-state index contributed by atoms with van der Waals surface area (Å²) in [6, 6.07) is 6.09. The van der Waals surface area contributed by atoms with Crippen LogP contribution in [0.1, 0.15) is 5.56 Å². The van der Waals surface area contributed by atoms with E-state index in [0.29, 0.717) is 21.6 Å². The third-order valence-corrected chi connectivity index (χ3v) is 3.62. The largest absolute Gasteiger partial charge is 0.433 e. The Balaban J connectivity index is 1.98. The highest BCUT2D eigenvalue weighted by Gasteiger charge is 2.30. The third-order valence-electron chi connectivity index (χ3n) is 2.90. The number of alkyl halides is 3. The van der Waals surface area contributed by atoms with Gasteiger partial charge >= 0.3 is 6.18 Å². The summed E-state index contributed by atoms with van der Waals surface area (Å²) in [6.45, 7) is 0. The molecule has 23 heavy (non-hydrogen) atoms. The molecular weight excluding hydrogens is 399 g/mol. The summed E-state index contributed by atoms with van der Waals surface area (Å²) in [5.74, 6) is 0.472. The first kappa shape index (κ1) is 15.9. The maximum atomic E-state index is 12.6. The van der Waals surface area contributed by atoms with Crippen molar-refractivity contribution in [3.05, 3.63) is 52.0 Å². The Kier molecular flexibility index (Phi) is 4.11. The lowest BCUT2D eigenvalue weighted by atomic mass is 10.1. The van der Waals surface area contributed by atoms with Crippen LogP contribution in [0.4, 0.5) is 13.2 Å². The van der Waals surface area contributed by atoms with Gasteiger partial charge in [-0.25, -0.2) is 15.0 Å². The summed E-state index contributed by atoms with van der Waals surface area (Å²) in [5.41, 5.74) is 0.0716. The van der Waals surface area contributed by atoms with Crippen LogP contribution in [0.3, 0.4) is 0 Å². The molecule has 0 radical (unpaired) electrons. The predicted octanol–water partition coefficient (Wildman–Crippen LogP) is 5.23. The first-order valence-electron chi connectivity index (χ1n) is 6.17. The summed E-state index contributed by atoms with van der Waals surface area (Å²) in [6.07, 6.45) is -2.93. The van der Waals surface area contributed by atoms with Crippen LogP contribution in [0.15, 0.2) is 45.5 Å². The molecule has 2 aromatic heterocycles. The normalized spacial score (nSPS) is 11.7. The van der Waals surface area contributed by atoms with Crippen LogP contribution >= 0.6 is 27.5 Å². The van der Waals surface area contributed by atoms with Crippen molar-refractivity contribution in [1.29, 1.82) is 0 Å². The Labute approximate surface area is 141 Å². The number of oxazole rings is 1. The van der Waals surface area contributed by atoms with Crippen LogP contribution in [0.25, 0.3) is 22.9 Å². The number of hydrogen-bond donors (Lipinski definition) is 0. The zero-order chi connectivity index (χ0) is 16.6. The van der Waals surface area contributed by atoms with E-state index in [0.717, 1.165) is 12.1 Å². The predicted molar refractivity (Wildman–Crippen MR) is 80.7 cm³/mol. The van der Waals surface area contributed by atoms with Gasteiger partial charge in [-0.2, -0.15) is 13.2 Å². The fourth-order valence-electron chi connectivity index (χ4n) is 1.85. The van der Waals surface area contributed by atoms with E-state index < -0.39 is 11.7 Å². The molecule has 0 aliphatic carbocycles. The van der Waals surface area contributed by atoms with Crippen LogP contribution in [0.5, 0.6) is 0 Å². The lowest BCUT2D eigenvalue weighted by molar-refractivity contribution is -0.137. The van der Waals surface area contributed by atoms with Crippen molar-refractivity contribution < 1.29 is 17.6 Å². The second-order valence-electron chi connectivity index (χ2n) is 4.42. The Bertz CT molecular complexity index is 849. The lowest BCUT2D eigenvalue weighted by Crippen LogP contribution is -2.03. The highest BCUT2D eigenvalue weighted by Crippen LogP contribution is 2.34. The topological polar surface area (TPSA) is 51.8 Å². The molecule has 0 unspecified atom stereocenters. The summed E-state index contributed by atoms with van der Waals surface area (Å²) < 4.78 is 43.7. The molecule has 0 N–H and O–H groups in total. The second kappa shape index (κ2) is 5.93. The van der Waals surface area contributed by atoms with Crippen molar-refractivity contribution in [1.82, 2.24) is 15.0 Å². The van der Waals surface area contributed by atoms with Gasteiger partial charge in [-0.1, -0.05) is 0 Å². The summed E-state index contributed by atoms with van der Waals surface area (Å²) in [4.78, 5) is 11.9. The van der Waals surface area contributed by atoms with Crippen LogP contribution < -0.4 is 0 Å². The molecule has 3 aromatic rings.